The summed E-state index contributed by atoms with van der Waals surface area (Å²) in [6.45, 7) is -0.616. The second-order valence-corrected chi connectivity index (χ2v) is 5.98. The Morgan fingerprint density at radius 1 is 1.16 bits per heavy atom. The van der Waals surface area contributed by atoms with Crippen LogP contribution < -0.4 is 0 Å². The monoisotopic (exact) mass is 341 g/mol. The molecule has 0 saturated heterocycles. The van der Waals surface area contributed by atoms with Crippen LogP contribution in [0.5, 0.6) is 0 Å². The first kappa shape index (κ1) is 17.0. The van der Waals surface area contributed by atoms with Gasteiger partial charge in [0.1, 0.15) is 6.61 Å². The highest BCUT2D eigenvalue weighted by Gasteiger charge is 2.27. The molecule has 6 heteroatoms. The molecule has 0 aromatic heterocycles. The number of fused-ring (bicyclic) bond motifs is 3. The minimum absolute atomic E-state index is 0.0537. The molecule has 0 heterocycles. The third-order valence-electron chi connectivity index (χ3n) is 4.51. The van der Waals surface area contributed by atoms with E-state index in [0.29, 0.717) is 0 Å². The van der Waals surface area contributed by atoms with E-state index in [-0.39, 0.29) is 6.61 Å². The van der Waals surface area contributed by atoms with Gasteiger partial charge in [-0.3, -0.25) is 4.90 Å². The molecule has 130 valence electrons. The molecule has 2 N–H and O–H groups in total. The maximum atomic E-state index is 12.1. The van der Waals surface area contributed by atoms with Crippen molar-refractivity contribution in [3.8, 4) is 11.1 Å². The van der Waals surface area contributed by atoms with Gasteiger partial charge >= 0.3 is 12.1 Å². The summed E-state index contributed by atoms with van der Waals surface area (Å²) in [6, 6.07) is 12.7. The molecule has 0 aliphatic heterocycles. The molecular weight excluding hydrogens is 322 g/mol. The molecule has 1 aliphatic rings. The number of carboxylic acid groups (broad SMARTS) is 1. The summed E-state index contributed by atoms with van der Waals surface area (Å²) in [6.07, 6.45) is -0.00160. The number of aliphatic hydroxyl groups is 1. The van der Waals surface area contributed by atoms with Crippen molar-refractivity contribution in [1.82, 2.24) is 4.90 Å². The summed E-state index contributed by atoms with van der Waals surface area (Å²) in [5, 5.41) is 18.1. The van der Waals surface area contributed by atoms with E-state index in [4.69, 9.17) is 14.9 Å². The maximum absolute atomic E-state index is 12.1. The van der Waals surface area contributed by atoms with Crippen molar-refractivity contribution >= 4 is 12.1 Å². The van der Waals surface area contributed by atoms with Gasteiger partial charge in [-0.05, 0) is 34.2 Å². The quantitative estimate of drug-likeness (QED) is 0.743. The summed E-state index contributed by atoms with van der Waals surface area (Å²) < 4.78 is 5.26. The first-order valence-electron chi connectivity index (χ1n) is 7.95. The SMILES string of the molecule is CN(C(=O)OCc1cccc2c1Cc1ccccc1-2)C(CO)C(=O)O. The van der Waals surface area contributed by atoms with Crippen molar-refractivity contribution in [2.24, 2.45) is 0 Å². The number of hydrogen-bond acceptors (Lipinski definition) is 4. The van der Waals surface area contributed by atoms with Crippen LogP contribution in [0, 0.1) is 0 Å². The highest BCUT2D eigenvalue weighted by Crippen LogP contribution is 2.38. The van der Waals surface area contributed by atoms with Gasteiger partial charge in [-0.15, -0.1) is 0 Å². The van der Waals surface area contributed by atoms with Crippen molar-refractivity contribution < 1.29 is 24.5 Å². The number of hydrogen-bond donors (Lipinski definition) is 2. The average Bonchev–Trinajstić information content (AvgIpc) is 2.99. The fraction of sp³-hybridized carbons (Fsp3) is 0.263. The third kappa shape index (κ3) is 3.21. The first-order chi connectivity index (χ1) is 12.0. The molecule has 0 radical (unpaired) electrons. The predicted molar refractivity (Wildman–Crippen MR) is 91.1 cm³/mol. The van der Waals surface area contributed by atoms with E-state index in [0.717, 1.165) is 28.0 Å². The number of likely N-dealkylation sites (N-methyl/N-ethyl adjacent to an activating group) is 1. The highest BCUT2D eigenvalue weighted by molar-refractivity contribution is 5.80. The number of carbonyl (C=O) groups is 2. The number of aliphatic hydroxyl groups excluding tert-OH is 1. The van der Waals surface area contributed by atoms with Crippen molar-refractivity contribution in [2.45, 2.75) is 19.1 Å². The number of carboxylic acids is 1. The van der Waals surface area contributed by atoms with Gasteiger partial charge in [0.2, 0.25) is 0 Å². The number of aliphatic carboxylic acids is 1. The van der Waals surface area contributed by atoms with Gasteiger partial charge in [-0.2, -0.15) is 0 Å². The lowest BCUT2D eigenvalue weighted by Crippen LogP contribution is -2.44. The minimum atomic E-state index is -1.32. The molecule has 2 aromatic rings. The summed E-state index contributed by atoms with van der Waals surface area (Å²) in [4.78, 5) is 24.0. The highest BCUT2D eigenvalue weighted by atomic mass is 16.6. The zero-order chi connectivity index (χ0) is 18.0. The van der Waals surface area contributed by atoms with Crippen molar-refractivity contribution in [3.63, 3.8) is 0 Å². The predicted octanol–water partition coefficient (Wildman–Crippen LogP) is 2.27. The van der Waals surface area contributed by atoms with Crippen LogP contribution in [-0.2, 0) is 22.6 Å². The van der Waals surface area contributed by atoms with Gasteiger partial charge in [-0.1, -0.05) is 42.5 Å². The largest absolute Gasteiger partial charge is 0.480 e. The van der Waals surface area contributed by atoms with Crippen LogP contribution >= 0.6 is 0 Å². The molecule has 0 spiro atoms. The van der Waals surface area contributed by atoms with Gasteiger partial charge < -0.3 is 14.9 Å². The lowest BCUT2D eigenvalue weighted by atomic mass is 10.0. The van der Waals surface area contributed by atoms with E-state index >= 15 is 0 Å². The van der Waals surface area contributed by atoms with Crippen LogP contribution in [0.15, 0.2) is 42.5 Å². The van der Waals surface area contributed by atoms with Crippen LogP contribution in [0.1, 0.15) is 16.7 Å². The standard InChI is InChI=1S/C19H19NO5/c1-20(17(10-21)18(22)23)19(24)25-11-13-6-4-8-15-14-7-3-2-5-12(14)9-16(13)15/h2-8,17,21H,9-11H2,1H3,(H,22,23). The molecule has 0 bridgehead atoms. The molecule has 1 amide bonds. The normalized spacial score (nSPS) is 12.9. The lowest BCUT2D eigenvalue weighted by Gasteiger charge is -2.22. The number of carbonyl (C=O) groups excluding carboxylic acids is 1. The van der Waals surface area contributed by atoms with E-state index in [1.807, 2.05) is 30.3 Å². The Morgan fingerprint density at radius 3 is 2.60 bits per heavy atom. The van der Waals surface area contributed by atoms with Crippen LogP contribution in [0.2, 0.25) is 0 Å². The van der Waals surface area contributed by atoms with E-state index in [1.54, 1.807) is 0 Å². The summed E-state index contributed by atoms with van der Waals surface area (Å²) in [5.74, 6) is -1.28. The second-order valence-electron chi connectivity index (χ2n) is 5.98. The third-order valence-corrected chi connectivity index (χ3v) is 4.51. The van der Waals surface area contributed by atoms with Crippen molar-refractivity contribution in [2.75, 3.05) is 13.7 Å². The van der Waals surface area contributed by atoms with Gasteiger partial charge in [0, 0.05) is 7.05 Å². The molecule has 1 aliphatic carbocycles. The van der Waals surface area contributed by atoms with E-state index in [2.05, 4.69) is 12.1 Å². The topological polar surface area (TPSA) is 87.1 Å². The van der Waals surface area contributed by atoms with Gasteiger partial charge in [0.05, 0.1) is 6.61 Å². The zero-order valence-corrected chi connectivity index (χ0v) is 13.8. The van der Waals surface area contributed by atoms with Crippen LogP contribution in [0.25, 0.3) is 11.1 Å². The number of benzene rings is 2. The molecule has 25 heavy (non-hydrogen) atoms. The minimum Gasteiger partial charge on any atom is -0.480 e. The molecular formula is C19H19NO5. The Kier molecular flexibility index (Phi) is 4.72. The Bertz CT molecular complexity index is 817. The van der Waals surface area contributed by atoms with Crippen LogP contribution in [-0.4, -0.2) is 46.9 Å². The summed E-state index contributed by atoms with van der Waals surface area (Å²) in [5.41, 5.74) is 5.58. The number of ether oxygens (including phenoxy) is 1. The first-order valence-corrected chi connectivity index (χ1v) is 7.95. The van der Waals surface area contributed by atoms with E-state index < -0.39 is 24.7 Å². The molecule has 1 atom stereocenters. The number of nitrogens with zero attached hydrogens (tertiary/aromatic N) is 1. The molecule has 3 rings (SSSR count). The second kappa shape index (κ2) is 6.94. The van der Waals surface area contributed by atoms with E-state index in [9.17, 15) is 9.59 Å². The maximum Gasteiger partial charge on any atom is 0.410 e. The van der Waals surface area contributed by atoms with Crippen molar-refractivity contribution in [1.29, 1.82) is 0 Å². The summed E-state index contributed by atoms with van der Waals surface area (Å²) in [7, 11) is 1.29. The van der Waals surface area contributed by atoms with E-state index in [1.165, 1.54) is 18.2 Å². The molecule has 6 nitrogen and oxygen atoms in total. The fourth-order valence-electron chi connectivity index (χ4n) is 3.09. The van der Waals surface area contributed by atoms with Gasteiger partial charge in [-0.25, -0.2) is 9.59 Å². The molecule has 0 fully saturated rings. The lowest BCUT2D eigenvalue weighted by molar-refractivity contribution is -0.143. The van der Waals surface area contributed by atoms with Gasteiger partial charge in [0.15, 0.2) is 6.04 Å². The van der Waals surface area contributed by atoms with Gasteiger partial charge in [0.25, 0.3) is 0 Å². The van der Waals surface area contributed by atoms with Crippen LogP contribution in [0.4, 0.5) is 4.79 Å². The Balaban J connectivity index is 1.73. The number of rotatable bonds is 5. The number of amides is 1. The van der Waals surface area contributed by atoms with Crippen LogP contribution in [0.3, 0.4) is 0 Å². The Labute approximate surface area is 145 Å². The summed E-state index contributed by atoms with van der Waals surface area (Å²) >= 11 is 0. The smallest absolute Gasteiger partial charge is 0.410 e. The van der Waals surface area contributed by atoms with Crippen molar-refractivity contribution in [3.05, 3.63) is 59.2 Å². The average molecular weight is 341 g/mol. The Morgan fingerprint density at radius 2 is 1.88 bits per heavy atom. The fourth-order valence-corrected chi connectivity index (χ4v) is 3.09. The molecule has 1 unspecified atom stereocenters. The Hall–Kier alpha value is -2.86. The molecule has 2 aromatic carbocycles. The molecule has 0 saturated carbocycles. The zero-order valence-electron chi connectivity index (χ0n) is 13.8.